The number of ether oxygens (including phenoxy) is 2. The van der Waals surface area contributed by atoms with Gasteiger partial charge in [-0.15, -0.1) is 0 Å². The van der Waals surface area contributed by atoms with Crippen LogP contribution in [0.15, 0.2) is 0 Å². The van der Waals surface area contributed by atoms with Crippen LogP contribution in [-0.2, 0) is 14.3 Å². The van der Waals surface area contributed by atoms with E-state index in [9.17, 15) is 4.79 Å². The molecule has 0 aliphatic carbocycles. The third-order valence-electron chi connectivity index (χ3n) is 3.47. The van der Waals surface area contributed by atoms with E-state index in [0.29, 0.717) is 25.7 Å². The van der Waals surface area contributed by atoms with Gasteiger partial charge in [0.2, 0.25) is 0 Å². The number of carbonyl (C=O) groups excluding carboxylic acids is 1. The zero-order chi connectivity index (χ0) is 13.8. The number of hydrogen-bond donors (Lipinski definition) is 1. The molecule has 1 aliphatic heterocycles. The van der Waals surface area contributed by atoms with Crippen LogP contribution in [0.1, 0.15) is 58.3 Å². The van der Waals surface area contributed by atoms with Crippen LogP contribution in [0.2, 0.25) is 0 Å². The number of rotatable bonds is 10. The molecule has 1 aliphatic rings. The molecule has 0 bridgehead atoms. The summed E-state index contributed by atoms with van der Waals surface area (Å²) < 4.78 is 10.8. The third-order valence-corrected chi connectivity index (χ3v) is 3.47. The molecule has 0 unspecified atom stereocenters. The van der Waals surface area contributed by atoms with Crippen LogP contribution >= 0.6 is 0 Å². The molecule has 1 saturated heterocycles. The summed E-state index contributed by atoms with van der Waals surface area (Å²) in [6.07, 6.45) is 8.82. The van der Waals surface area contributed by atoms with E-state index >= 15 is 0 Å². The molecule has 1 heterocycles. The molecule has 0 aromatic carbocycles. The van der Waals surface area contributed by atoms with Crippen LogP contribution in [0.5, 0.6) is 0 Å². The minimum Gasteiger partial charge on any atom is -0.463 e. The van der Waals surface area contributed by atoms with E-state index in [0.717, 1.165) is 38.8 Å². The van der Waals surface area contributed by atoms with Gasteiger partial charge in [-0.1, -0.05) is 32.6 Å². The summed E-state index contributed by atoms with van der Waals surface area (Å²) in [6, 6.07) is 0. The molecule has 0 atom stereocenters. The van der Waals surface area contributed by atoms with E-state index in [-0.39, 0.29) is 5.97 Å². The summed E-state index contributed by atoms with van der Waals surface area (Å²) in [5.74, 6) is -0.0783. The molecule has 4 heteroatoms. The van der Waals surface area contributed by atoms with Crippen molar-refractivity contribution in [3.05, 3.63) is 0 Å². The SMILES string of the molecule is CCCCCCCC(=O)OCCOC1CCNCC1. The van der Waals surface area contributed by atoms with Gasteiger partial charge in [-0.25, -0.2) is 0 Å². The molecule has 4 nitrogen and oxygen atoms in total. The van der Waals surface area contributed by atoms with Crippen LogP contribution in [0, 0.1) is 0 Å². The largest absolute Gasteiger partial charge is 0.463 e. The Morgan fingerprint density at radius 3 is 2.58 bits per heavy atom. The molecular formula is C15H29NO3. The van der Waals surface area contributed by atoms with Crippen LogP contribution in [0.25, 0.3) is 0 Å². The summed E-state index contributed by atoms with van der Waals surface area (Å²) in [6.45, 7) is 5.19. The molecule has 1 rings (SSSR count). The Bertz CT molecular complexity index is 227. The Kier molecular flexibility index (Phi) is 9.72. The average Bonchev–Trinajstić information content (AvgIpc) is 2.44. The van der Waals surface area contributed by atoms with E-state index in [1.54, 1.807) is 0 Å². The number of unbranched alkanes of at least 4 members (excludes halogenated alkanes) is 4. The summed E-state index contributed by atoms with van der Waals surface area (Å²) in [4.78, 5) is 11.4. The molecule has 0 amide bonds. The second-order valence-corrected chi connectivity index (χ2v) is 5.20. The number of hydrogen-bond acceptors (Lipinski definition) is 4. The van der Waals surface area contributed by atoms with Gasteiger partial charge in [-0.2, -0.15) is 0 Å². The predicted molar refractivity (Wildman–Crippen MR) is 76.2 cm³/mol. The molecule has 0 radical (unpaired) electrons. The monoisotopic (exact) mass is 271 g/mol. The number of esters is 1. The van der Waals surface area contributed by atoms with Crippen molar-refractivity contribution in [2.24, 2.45) is 0 Å². The van der Waals surface area contributed by atoms with Gasteiger partial charge >= 0.3 is 5.97 Å². The fourth-order valence-electron chi connectivity index (χ4n) is 2.28. The van der Waals surface area contributed by atoms with Crippen molar-refractivity contribution in [1.29, 1.82) is 0 Å². The fourth-order valence-corrected chi connectivity index (χ4v) is 2.28. The first-order valence-corrected chi connectivity index (χ1v) is 7.81. The minimum atomic E-state index is -0.0783. The number of piperidine rings is 1. The van der Waals surface area contributed by atoms with Crippen molar-refractivity contribution >= 4 is 5.97 Å². The summed E-state index contributed by atoms with van der Waals surface area (Å²) in [5.41, 5.74) is 0. The maximum absolute atomic E-state index is 11.4. The van der Waals surface area contributed by atoms with Crippen LogP contribution in [0.3, 0.4) is 0 Å². The molecule has 112 valence electrons. The second-order valence-electron chi connectivity index (χ2n) is 5.20. The van der Waals surface area contributed by atoms with Crippen LogP contribution in [-0.4, -0.2) is 38.4 Å². The topological polar surface area (TPSA) is 47.6 Å². The molecule has 0 spiro atoms. The van der Waals surface area contributed by atoms with E-state index < -0.39 is 0 Å². The highest BCUT2D eigenvalue weighted by molar-refractivity contribution is 5.69. The molecule has 0 aromatic rings. The van der Waals surface area contributed by atoms with Crippen molar-refractivity contribution in [1.82, 2.24) is 5.32 Å². The fraction of sp³-hybridized carbons (Fsp3) is 0.933. The normalized spacial score (nSPS) is 16.5. The molecular weight excluding hydrogens is 242 g/mol. The molecule has 19 heavy (non-hydrogen) atoms. The van der Waals surface area contributed by atoms with Gasteiger partial charge in [-0.3, -0.25) is 4.79 Å². The molecule has 1 N–H and O–H groups in total. The van der Waals surface area contributed by atoms with Gasteiger partial charge < -0.3 is 14.8 Å². The van der Waals surface area contributed by atoms with Gasteiger partial charge in [-0.05, 0) is 32.4 Å². The first-order chi connectivity index (χ1) is 9.33. The molecule has 0 saturated carbocycles. The standard InChI is InChI=1S/C15H29NO3/c1-2-3-4-5-6-7-15(17)19-13-12-18-14-8-10-16-11-9-14/h14,16H,2-13H2,1H3. The highest BCUT2D eigenvalue weighted by atomic mass is 16.6. The first-order valence-electron chi connectivity index (χ1n) is 7.81. The van der Waals surface area contributed by atoms with Crippen molar-refractivity contribution in [3.63, 3.8) is 0 Å². The zero-order valence-electron chi connectivity index (χ0n) is 12.3. The first kappa shape index (κ1) is 16.4. The highest BCUT2D eigenvalue weighted by Crippen LogP contribution is 2.07. The molecule has 1 fully saturated rings. The Balaban J connectivity index is 1.86. The maximum Gasteiger partial charge on any atom is 0.305 e. The Morgan fingerprint density at radius 2 is 1.84 bits per heavy atom. The van der Waals surface area contributed by atoms with Gasteiger partial charge in [0.15, 0.2) is 0 Å². The number of nitrogens with one attached hydrogen (secondary N) is 1. The van der Waals surface area contributed by atoms with Crippen molar-refractivity contribution < 1.29 is 14.3 Å². The van der Waals surface area contributed by atoms with Crippen LogP contribution < -0.4 is 5.32 Å². The predicted octanol–water partition coefficient (Wildman–Crippen LogP) is 2.66. The lowest BCUT2D eigenvalue weighted by Gasteiger charge is -2.22. The van der Waals surface area contributed by atoms with E-state index in [4.69, 9.17) is 9.47 Å². The lowest BCUT2D eigenvalue weighted by Crippen LogP contribution is -2.33. The lowest BCUT2D eigenvalue weighted by molar-refractivity contribution is -0.146. The molecule has 0 aromatic heterocycles. The summed E-state index contributed by atoms with van der Waals surface area (Å²) >= 11 is 0. The smallest absolute Gasteiger partial charge is 0.305 e. The van der Waals surface area contributed by atoms with Gasteiger partial charge in [0.05, 0.1) is 12.7 Å². The van der Waals surface area contributed by atoms with Gasteiger partial charge in [0.25, 0.3) is 0 Å². The van der Waals surface area contributed by atoms with E-state index in [2.05, 4.69) is 12.2 Å². The van der Waals surface area contributed by atoms with Gasteiger partial charge in [0, 0.05) is 6.42 Å². The van der Waals surface area contributed by atoms with E-state index in [1.165, 1.54) is 19.3 Å². The third kappa shape index (κ3) is 9.00. The lowest BCUT2D eigenvalue weighted by atomic mass is 10.1. The average molecular weight is 271 g/mol. The van der Waals surface area contributed by atoms with Crippen molar-refractivity contribution in [2.75, 3.05) is 26.3 Å². The van der Waals surface area contributed by atoms with Gasteiger partial charge in [0.1, 0.15) is 6.61 Å². The zero-order valence-corrected chi connectivity index (χ0v) is 12.3. The highest BCUT2D eigenvalue weighted by Gasteiger charge is 2.13. The maximum atomic E-state index is 11.4. The number of carbonyl (C=O) groups is 1. The van der Waals surface area contributed by atoms with Crippen LogP contribution in [0.4, 0.5) is 0 Å². The Labute approximate surface area is 117 Å². The van der Waals surface area contributed by atoms with Crippen molar-refractivity contribution in [2.45, 2.75) is 64.4 Å². The van der Waals surface area contributed by atoms with Crippen molar-refractivity contribution in [3.8, 4) is 0 Å². The second kappa shape index (κ2) is 11.2. The quantitative estimate of drug-likeness (QED) is 0.490. The summed E-state index contributed by atoms with van der Waals surface area (Å²) in [7, 11) is 0. The minimum absolute atomic E-state index is 0.0783. The Hall–Kier alpha value is -0.610. The van der Waals surface area contributed by atoms with E-state index in [1.807, 2.05) is 0 Å². The Morgan fingerprint density at radius 1 is 1.11 bits per heavy atom. The summed E-state index contributed by atoms with van der Waals surface area (Å²) in [5, 5.41) is 3.30.